The van der Waals surface area contributed by atoms with Crippen LogP contribution in [0.15, 0.2) is 72.9 Å². The third kappa shape index (κ3) is 2.80. The van der Waals surface area contributed by atoms with Crippen LogP contribution in [0.3, 0.4) is 0 Å². The number of aromatic hydroxyl groups is 1. The van der Waals surface area contributed by atoms with Gasteiger partial charge < -0.3 is 10.4 Å². The minimum absolute atomic E-state index is 0.110. The molecule has 0 unspecified atom stereocenters. The first-order valence-electron chi connectivity index (χ1n) is 10.9. The molecule has 1 aliphatic carbocycles. The van der Waals surface area contributed by atoms with Gasteiger partial charge in [-0.05, 0) is 49.6 Å². The summed E-state index contributed by atoms with van der Waals surface area (Å²) in [6, 6.07) is 22.9. The molecule has 6 rings (SSSR count). The number of nitrogens with one attached hydrogen (secondary N) is 1. The molecule has 6 nitrogen and oxygen atoms in total. The summed E-state index contributed by atoms with van der Waals surface area (Å²) >= 11 is 0. The number of pyridine rings is 2. The van der Waals surface area contributed by atoms with E-state index in [0.717, 1.165) is 33.3 Å². The number of hydrogen-bond donors (Lipinski definition) is 2. The molecule has 32 heavy (non-hydrogen) atoms. The number of aromatic nitrogens is 4. The molecule has 158 valence electrons. The number of rotatable bonds is 4. The Morgan fingerprint density at radius 3 is 2.41 bits per heavy atom. The van der Waals surface area contributed by atoms with Crippen LogP contribution < -0.4 is 5.32 Å². The highest BCUT2D eigenvalue weighted by atomic mass is 16.3. The van der Waals surface area contributed by atoms with Gasteiger partial charge in [-0.15, -0.1) is 5.10 Å². The van der Waals surface area contributed by atoms with Gasteiger partial charge in [-0.1, -0.05) is 59.7 Å². The number of hydrogen-bond acceptors (Lipinski definition) is 5. The predicted octanol–water partition coefficient (Wildman–Crippen LogP) is 4.92. The zero-order valence-corrected chi connectivity index (χ0v) is 17.8. The number of fused-ring (bicyclic) bond motifs is 3. The summed E-state index contributed by atoms with van der Waals surface area (Å²) < 4.78 is 1.57. The summed E-state index contributed by atoms with van der Waals surface area (Å²) in [5, 5.41) is 22.3. The first-order valence-corrected chi connectivity index (χ1v) is 10.9. The van der Waals surface area contributed by atoms with Crippen molar-refractivity contribution < 1.29 is 5.11 Å². The number of nitrogens with zero attached hydrogens (tertiary/aromatic N) is 4. The van der Waals surface area contributed by atoms with Gasteiger partial charge in [0.1, 0.15) is 0 Å². The molecule has 1 saturated carbocycles. The van der Waals surface area contributed by atoms with Crippen molar-refractivity contribution in [1.82, 2.24) is 24.9 Å². The fraction of sp³-hybridized carbons (Fsp3) is 0.192. The Bertz CT molecular complexity index is 1430. The van der Waals surface area contributed by atoms with E-state index in [1.54, 1.807) is 10.6 Å². The molecule has 0 spiro atoms. The summed E-state index contributed by atoms with van der Waals surface area (Å²) in [5.74, 6) is 0. The molecule has 3 aromatic heterocycles. The third-order valence-electron chi connectivity index (χ3n) is 6.83. The summed E-state index contributed by atoms with van der Waals surface area (Å²) in [7, 11) is 2.05. The molecule has 1 fully saturated rings. The van der Waals surface area contributed by atoms with Crippen molar-refractivity contribution in [2.75, 3.05) is 7.05 Å². The van der Waals surface area contributed by atoms with Gasteiger partial charge in [0.2, 0.25) is 0 Å². The van der Waals surface area contributed by atoms with Crippen molar-refractivity contribution in [3.63, 3.8) is 0 Å². The van der Waals surface area contributed by atoms with Crippen molar-refractivity contribution >= 4 is 16.6 Å². The van der Waals surface area contributed by atoms with Crippen LogP contribution in [-0.2, 0) is 5.54 Å². The zero-order valence-electron chi connectivity index (χ0n) is 17.8. The Balaban J connectivity index is 1.56. The van der Waals surface area contributed by atoms with E-state index in [9.17, 15) is 5.11 Å². The van der Waals surface area contributed by atoms with E-state index in [4.69, 9.17) is 4.98 Å². The van der Waals surface area contributed by atoms with Crippen molar-refractivity contribution in [3.8, 4) is 28.4 Å². The molecule has 1 aliphatic rings. The SMILES string of the molecule is CNC1(c2ccc(-c3nc4ccn5c(O)nnc5c4cc3-c3ccccc3)cc2)CCC1. The molecule has 3 heterocycles. The van der Waals surface area contributed by atoms with Crippen LogP contribution in [0.5, 0.6) is 6.01 Å². The highest BCUT2D eigenvalue weighted by molar-refractivity contribution is 5.98. The Morgan fingerprint density at radius 2 is 1.72 bits per heavy atom. The monoisotopic (exact) mass is 421 g/mol. The van der Waals surface area contributed by atoms with Crippen molar-refractivity contribution in [1.29, 1.82) is 0 Å². The highest BCUT2D eigenvalue weighted by Gasteiger charge is 2.36. The molecule has 0 saturated heterocycles. The van der Waals surface area contributed by atoms with E-state index in [0.29, 0.717) is 5.65 Å². The second-order valence-electron chi connectivity index (χ2n) is 8.46. The smallest absolute Gasteiger partial charge is 0.319 e. The number of benzene rings is 2. The van der Waals surface area contributed by atoms with E-state index in [1.165, 1.54) is 24.8 Å². The standard InChI is InChI=1S/C26H23N5O/c1-27-26(13-5-14-26)19-10-8-18(9-11-19)23-20(17-6-3-2-4-7-17)16-21-22(28-23)12-15-31-24(21)29-30-25(31)32/h2-4,6-12,15-16,27H,5,13-14H2,1H3,(H,30,32). The minimum atomic E-state index is -0.128. The molecule has 0 atom stereocenters. The molecular weight excluding hydrogens is 398 g/mol. The van der Waals surface area contributed by atoms with Gasteiger partial charge in [-0.3, -0.25) is 4.40 Å². The lowest BCUT2D eigenvalue weighted by atomic mass is 9.72. The van der Waals surface area contributed by atoms with Gasteiger partial charge in [0.15, 0.2) is 5.65 Å². The first kappa shape index (κ1) is 19.0. The second kappa shape index (κ2) is 7.14. The van der Waals surface area contributed by atoms with E-state index in [2.05, 4.69) is 65.0 Å². The van der Waals surface area contributed by atoms with E-state index in [1.807, 2.05) is 24.3 Å². The molecule has 2 aromatic carbocycles. The van der Waals surface area contributed by atoms with E-state index >= 15 is 0 Å². The molecule has 5 aromatic rings. The average Bonchev–Trinajstić information content (AvgIpc) is 3.20. The van der Waals surface area contributed by atoms with Crippen LogP contribution >= 0.6 is 0 Å². The fourth-order valence-electron chi connectivity index (χ4n) is 4.80. The molecule has 0 bridgehead atoms. The van der Waals surface area contributed by atoms with Crippen molar-refractivity contribution in [3.05, 3.63) is 78.5 Å². The lowest BCUT2D eigenvalue weighted by molar-refractivity contribution is 0.201. The fourth-order valence-corrected chi connectivity index (χ4v) is 4.80. The topological polar surface area (TPSA) is 75.3 Å². The summed E-state index contributed by atoms with van der Waals surface area (Å²) in [5.41, 5.74) is 6.95. The van der Waals surface area contributed by atoms with Crippen LogP contribution in [0.1, 0.15) is 24.8 Å². The van der Waals surface area contributed by atoms with Crippen LogP contribution in [0.2, 0.25) is 0 Å². The minimum Gasteiger partial charge on any atom is -0.479 e. The van der Waals surface area contributed by atoms with Gasteiger partial charge in [0.25, 0.3) is 0 Å². The summed E-state index contributed by atoms with van der Waals surface area (Å²) in [6.07, 6.45) is 5.36. The maximum atomic E-state index is 9.99. The third-order valence-corrected chi connectivity index (χ3v) is 6.83. The largest absolute Gasteiger partial charge is 0.479 e. The Kier molecular flexibility index (Phi) is 4.23. The summed E-state index contributed by atoms with van der Waals surface area (Å²) in [4.78, 5) is 5.05. The molecule has 0 aliphatic heterocycles. The Morgan fingerprint density at radius 1 is 0.938 bits per heavy atom. The average molecular weight is 422 g/mol. The molecular formula is C26H23N5O. The Hall–Kier alpha value is -3.77. The normalized spacial score (nSPS) is 15.2. The summed E-state index contributed by atoms with van der Waals surface area (Å²) in [6.45, 7) is 0. The predicted molar refractivity (Wildman–Crippen MR) is 125 cm³/mol. The zero-order chi connectivity index (χ0) is 21.7. The molecule has 2 N–H and O–H groups in total. The quantitative estimate of drug-likeness (QED) is 0.431. The van der Waals surface area contributed by atoms with E-state index in [-0.39, 0.29) is 11.5 Å². The van der Waals surface area contributed by atoms with Gasteiger partial charge in [0, 0.05) is 28.2 Å². The first-order chi connectivity index (χ1) is 15.7. The van der Waals surface area contributed by atoms with Crippen LogP contribution in [0.25, 0.3) is 38.9 Å². The van der Waals surface area contributed by atoms with Gasteiger partial charge in [0.05, 0.1) is 11.2 Å². The highest BCUT2D eigenvalue weighted by Crippen LogP contribution is 2.42. The van der Waals surface area contributed by atoms with Crippen LogP contribution in [0.4, 0.5) is 0 Å². The van der Waals surface area contributed by atoms with Gasteiger partial charge in [-0.2, -0.15) is 0 Å². The second-order valence-corrected chi connectivity index (χ2v) is 8.46. The van der Waals surface area contributed by atoms with Gasteiger partial charge >= 0.3 is 6.01 Å². The Labute approximate surface area is 185 Å². The molecule has 6 heteroatoms. The van der Waals surface area contributed by atoms with Crippen molar-refractivity contribution in [2.24, 2.45) is 0 Å². The lowest BCUT2D eigenvalue weighted by Crippen LogP contribution is -2.45. The van der Waals surface area contributed by atoms with E-state index < -0.39 is 0 Å². The maximum Gasteiger partial charge on any atom is 0.319 e. The van der Waals surface area contributed by atoms with Crippen LogP contribution in [0, 0.1) is 0 Å². The van der Waals surface area contributed by atoms with Crippen molar-refractivity contribution in [2.45, 2.75) is 24.8 Å². The molecule has 0 radical (unpaired) electrons. The molecule has 0 amide bonds. The lowest BCUT2D eigenvalue weighted by Gasteiger charge is -2.42. The maximum absolute atomic E-state index is 9.99. The van der Waals surface area contributed by atoms with Crippen LogP contribution in [-0.4, -0.2) is 31.7 Å². The van der Waals surface area contributed by atoms with Gasteiger partial charge in [-0.25, -0.2) is 4.98 Å².